The fraction of sp³-hybridized carbons (Fsp3) is 0.600. The predicted molar refractivity (Wildman–Crippen MR) is 49.5 cm³/mol. The van der Waals surface area contributed by atoms with Gasteiger partial charge in [-0.1, -0.05) is 12.2 Å². The molecule has 0 aromatic rings. The molecule has 4 nitrogen and oxygen atoms in total. The summed E-state index contributed by atoms with van der Waals surface area (Å²) in [5.41, 5.74) is 0.953. The van der Waals surface area contributed by atoms with E-state index >= 15 is 0 Å². The molecule has 1 saturated carbocycles. The minimum Gasteiger partial charge on any atom is -0.447 e. The monoisotopic (exact) mass is 195 g/mol. The Morgan fingerprint density at radius 1 is 1.57 bits per heavy atom. The molecule has 0 radical (unpaired) electrons. The van der Waals surface area contributed by atoms with Crippen LogP contribution in [0.3, 0.4) is 0 Å². The average Bonchev–Trinajstić information content (AvgIpc) is 2.73. The Bertz CT molecular complexity index is 270. The molecule has 1 aliphatic heterocycles. The smallest absolute Gasteiger partial charge is 0.416 e. The van der Waals surface area contributed by atoms with Gasteiger partial charge in [-0.15, -0.1) is 0 Å². The fourth-order valence-corrected chi connectivity index (χ4v) is 1.99. The first-order valence-corrected chi connectivity index (χ1v) is 4.86. The van der Waals surface area contributed by atoms with Gasteiger partial charge in [0.1, 0.15) is 6.61 Å². The van der Waals surface area contributed by atoms with Gasteiger partial charge in [0.15, 0.2) is 0 Å². The van der Waals surface area contributed by atoms with Crippen LogP contribution in [-0.4, -0.2) is 30.1 Å². The molecule has 0 aromatic heterocycles. The van der Waals surface area contributed by atoms with Crippen LogP contribution < -0.4 is 0 Å². The standard InChI is InChI=1S/C10H13NO3/c1-7-3-2-4-8(7)9(12)11-5-6-14-10(11)13/h8H,1-6H2. The van der Waals surface area contributed by atoms with Gasteiger partial charge < -0.3 is 4.74 Å². The van der Waals surface area contributed by atoms with Gasteiger partial charge in [0, 0.05) is 0 Å². The quantitative estimate of drug-likeness (QED) is 0.593. The zero-order valence-electron chi connectivity index (χ0n) is 7.99. The average molecular weight is 195 g/mol. The minimum atomic E-state index is -0.505. The van der Waals surface area contributed by atoms with Crippen molar-refractivity contribution in [2.45, 2.75) is 19.3 Å². The Labute approximate surface area is 82.5 Å². The zero-order valence-corrected chi connectivity index (χ0v) is 7.99. The van der Waals surface area contributed by atoms with Gasteiger partial charge in [-0.3, -0.25) is 4.79 Å². The lowest BCUT2D eigenvalue weighted by Crippen LogP contribution is -2.36. The molecule has 2 fully saturated rings. The van der Waals surface area contributed by atoms with E-state index in [1.54, 1.807) is 0 Å². The first-order chi connectivity index (χ1) is 6.70. The third-order valence-corrected chi connectivity index (χ3v) is 2.81. The lowest BCUT2D eigenvalue weighted by Gasteiger charge is -2.16. The third-order valence-electron chi connectivity index (χ3n) is 2.81. The van der Waals surface area contributed by atoms with E-state index in [1.807, 2.05) is 0 Å². The lowest BCUT2D eigenvalue weighted by atomic mass is 10.0. The van der Waals surface area contributed by atoms with Crippen LogP contribution in [0.4, 0.5) is 4.79 Å². The predicted octanol–water partition coefficient (Wildman–Crippen LogP) is 1.32. The van der Waals surface area contributed by atoms with Crippen molar-refractivity contribution in [3.63, 3.8) is 0 Å². The van der Waals surface area contributed by atoms with Crippen molar-refractivity contribution in [2.24, 2.45) is 5.92 Å². The maximum atomic E-state index is 11.8. The highest BCUT2D eigenvalue weighted by atomic mass is 16.6. The molecule has 0 bridgehead atoms. The number of amides is 2. The summed E-state index contributed by atoms with van der Waals surface area (Å²) in [5, 5.41) is 0. The van der Waals surface area contributed by atoms with E-state index in [-0.39, 0.29) is 11.8 Å². The van der Waals surface area contributed by atoms with Crippen LogP contribution >= 0.6 is 0 Å². The second-order valence-electron chi connectivity index (χ2n) is 3.71. The van der Waals surface area contributed by atoms with E-state index in [9.17, 15) is 9.59 Å². The van der Waals surface area contributed by atoms with Crippen LogP contribution in [0.5, 0.6) is 0 Å². The van der Waals surface area contributed by atoms with E-state index < -0.39 is 6.09 Å². The van der Waals surface area contributed by atoms with Gasteiger partial charge in [0.2, 0.25) is 5.91 Å². The molecule has 1 heterocycles. The highest BCUT2D eigenvalue weighted by Gasteiger charge is 2.36. The van der Waals surface area contributed by atoms with Crippen molar-refractivity contribution in [3.8, 4) is 0 Å². The molecule has 1 unspecified atom stereocenters. The summed E-state index contributed by atoms with van der Waals surface area (Å²) in [6.07, 6.45) is 2.22. The number of cyclic esters (lactones) is 1. The van der Waals surface area contributed by atoms with Crippen LogP contribution in [0.15, 0.2) is 12.2 Å². The second kappa shape index (κ2) is 3.44. The number of carbonyl (C=O) groups is 2. The molecule has 1 atom stereocenters. The van der Waals surface area contributed by atoms with Gasteiger partial charge in [-0.2, -0.15) is 0 Å². The highest BCUT2D eigenvalue weighted by molar-refractivity contribution is 5.95. The lowest BCUT2D eigenvalue weighted by molar-refractivity contribution is -0.130. The summed E-state index contributed by atoms with van der Waals surface area (Å²) in [5.74, 6) is -0.282. The molecular weight excluding hydrogens is 182 g/mol. The zero-order chi connectivity index (χ0) is 10.1. The molecule has 2 amide bonds. The van der Waals surface area contributed by atoms with Gasteiger partial charge in [-0.05, 0) is 19.3 Å². The van der Waals surface area contributed by atoms with Crippen LogP contribution in [-0.2, 0) is 9.53 Å². The molecule has 2 rings (SSSR count). The van der Waals surface area contributed by atoms with Gasteiger partial charge in [0.05, 0.1) is 12.5 Å². The number of ether oxygens (including phenoxy) is 1. The van der Waals surface area contributed by atoms with Crippen molar-refractivity contribution in [2.75, 3.05) is 13.2 Å². The summed E-state index contributed by atoms with van der Waals surface area (Å²) in [6.45, 7) is 4.57. The van der Waals surface area contributed by atoms with Crippen molar-refractivity contribution in [1.82, 2.24) is 4.90 Å². The molecule has 76 valence electrons. The molecule has 0 spiro atoms. The normalized spacial score (nSPS) is 26.9. The Hall–Kier alpha value is -1.32. The van der Waals surface area contributed by atoms with Crippen LogP contribution in [0.25, 0.3) is 0 Å². The Kier molecular flexibility index (Phi) is 2.27. The fourth-order valence-electron chi connectivity index (χ4n) is 1.99. The van der Waals surface area contributed by atoms with Gasteiger partial charge >= 0.3 is 6.09 Å². The number of hydrogen-bond acceptors (Lipinski definition) is 3. The van der Waals surface area contributed by atoms with E-state index in [0.29, 0.717) is 13.2 Å². The van der Waals surface area contributed by atoms with Crippen LogP contribution in [0, 0.1) is 5.92 Å². The Morgan fingerprint density at radius 3 is 2.86 bits per heavy atom. The highest BCUT2D eigenvalue weighted by Crippen LogP contribution is 2.31. The number of nitrogens with zero attached hydrogens (tertiary/aromatic N) is 1. The van der Waals surface area contributed by atoms with Crippen molar-refractivity contribution in [1.29, 1.82) is 0 Å². The van der Waals surface area contributed by atoms with Gasteiger partial charge in [-0.25, -0.2) is 9.69 Å². The van der Waals surface area contributed by atoms with Crippen molar-refractivity contribution >= 4 is 12.0 Å². The number of carbonyl (C=O) groups excluding carboxylic acids is 2. The summed E-state index contributed by atoms with van der Waals surface area (Å²) in [6, 6.07) is 0. The minimum absolute atomic E-state index is 0.130. The molecule has 1 aliphatic carbocycles. The summed E-state index contributed by atoms with van der Waals surface area (Å²) >= 11 is 0. The first-order valence-electron chi connectivity index (χ1n) is 4.86. The molecule has 0 N–H and O–H groups in total. The molecule has 4 heteroatoms. The number of hydrogen-bond donors (Lipinski definition) is 0. The molecular formula is C10H13NO3. The summed E-state index contributed by atoms with van der Waals surface area (Å²) in [4.78, 5) is 24.2. The number of imide groups is 1. The molecule has 0 aromatic carbocycles. The van der Waals surface area contributed by atoms with Gasteiger partial charge in [0.25, 0.3) is 0 Å². The topological polar surface area (TPSA) is 46.6 Å². The third kappa shape index (κ3) is 1.41. The van der Waals surface area contributed by atoms with Crippen LogP contribution in [0.2, 0.25) is 0 Å². The van der Waals surface area contributed by atoms with Crippen LogP contribution in [0.1, 0.15) is 19.3 Å². The van der Waals surface area contributed by atoms with E-state index in [0.717, 1.165) is 24.8 Å². The van der Waals surface area contributed by atoms with E-state index in [4.69, 9.17) is 4.74 Å². The number of rotatable bonds is 1. The van der Waals surface area contributed by atoms with E-state index in [1.165, 1.54) is 4.90 Å². The summed E-state index contributed by atoms with van der Waals surface area (Å²) < 4.78 is 4.72. The Morgan fingerprint density at radius 2 is 2.36 bits per heavy atom. The summed E-state index contributed by atoms with van der Waals surface area (Å²) in [7, 11) is 0. The molecule has 1 saturated heterocycles. The maximum absolute atomic E-state index is 11.8. The largest absolute Gasteiger partial charge is 0.447 e. The first kappa shape index (κ1) is 9.24. The van der Waals surface area contributed by atoms with E-state index in [2.05, 4.69) is 6.58 Å². The molecule has 14 heavy (non-hydrogen) atoms. The Balaban J connectivity index is 2.07. The molecule has 2 aliphatic rings. The second-order valence-corrected chi connectivity index (χ2v) is 3.71. The van der Waals surface area contributed by atoms with Crippen molar-refractivity contribution in [3.05, 3.63) is 12.2 Å². The maximum Gasteiger partial charge on any atom is 0.416 e. The van der Waals surface area contributed by atoms with Crippen molar-refractivity contribution < 1.29 is 14.3 Å². The SMILES string of the molecule is C=C1CCCC1C(=O)N1CCOC1=O.